The van der Waals surface area contributed by atoms with Gasteiger partial charge < -0.3 is 10.6 Å². The molecule has 0 aromatic rings. The normalized spacial score (nSPS) is 56.5. The van der Waals surface area contributed by atoms with Gasteiger partial charge in [0.2, 0.25) is 0 Å². The van der Waals surface area contributed by atoms with Crippen molar-refractivity contribution < 1.29 is 4.79 Å². The lowest BCUT2D eigenvalue weighted by atomic mass is 9.74. The Kier molecular flexibility index (Phi) is 2.83. The molecular formula is C21H32N2O. The fourth-order valence-corrected chi connectivity index (χ4v) is 9.11. The van der Waals surface area contributed by atoms with Crippen LogP contribution in [0.4, 0.5) is 4.79 Å². The zero-order valence-corrected chi connectivity index (χ0v) is 14.9. The van der Waals surface area contributed by atoms with E-state index in [1.54, 1.807) is 0 Å². The van der Waals surface area contributed by atoms with Crippen LogP contribution >= 0.6 is 0 Å². The van der Waals surface area contributed by atoms with Crippen LogP contribution < -0.4 is 10.6 Å². The molecule has 0 radical (unpaired) electrons. The van der Waals surface area contributed by atoms with Gasteiger partial charge in [-0.05, 0) is 99.7 Å². The monoisotopic (exact) mass is 328 g/mol. The molecule has 0 spiro atoms. The third-order valence-electron chi connectivity index (χ3n) is 9.77. The molecule has 6 aliphatic rings. The summed E-state index contributed by atoms with van der Waals surface area (Å²) in [6, 6.07) is 0.203. The van der Waals surface area contributed by atoms with Gasteiger partial charge in [0.25, 0.3) is 0 Å². The molecule has 2 N–H and O–H groups in total. The highest BCUT2D eigenvalue weighted by Gasteiger charge is 2.63. The second-order valence-electron chi connectivity index (χ2n) is 10.2. The Morgan fingerprint density at radius 2 is 1.21 bits per heavy atom. The van der Waals surface area contributed by atoms with Crippen LogP contribution in [0.2, 0.25) is 0 Å². The van der Waals surface area contributed by atoms with Gasteiger partial charge in [0.1, 0.15) is 0 Å². The Bertz CT molecular complexity index is 528. The Morgan fingerprint density at radius 1 is 0.708 bits per heavy atom. The lowest BCUT2D eigenvalue weighted by Crippen LogP contribution is -2.63. The van der Waals surface area contributed by atoms with Crippen LogP contribution in [-0.2, 0) is 0 Å². The van der Waals surface area contributed by atoms with E-state index in [1.807, 2.05) is 0 Å². The lowest BCUT2D eigenvalue weighted by molar-refractivity contribution is 0.131. The summed E-state index contributed by atoms with van der Waals surface area (Å²) < 4.78 is 0. The third kappa shape index (κ3) is 1.63. The first-order chi connectivity index (χ1) is 11.7. The SMILES string of the molecule is O=C(N[C@]12CCC[C@@H]1[C@H]1CC[C@@H]2C1)N[C@]12CCC[C@@H]1[C@H]1CC[C@@H]2C1. The highest BCUT2D eigenvalue weighted by Crippen LogP contribution is 2.62. The van der Waals surface area contributed by atoms with Crippen molar-refractivity contribution in [1.29, 1.82) is 0 Å². The topological polar surface area (TPSA) is 41.1 Å². The predicted octanol–water partition coefficient (Wildman–Crippen LogP) is 4.22. The van der Waals surface area contributed by atoms with Crippen molar-refractivity contribution in [2.45, 2.75) is 88.1 Å². The standard InChI is InChI=1S/C21H32N2O/c24-19(22-20-9-1-3-17(20)13-5-7-15(20)11-13)23-21-10-2-4-18(21)14-6-8-16(21)12-14/h13-18H,1-12H2,(H2,22,23,24)/t13-,14-,15+,16+,17+,18+,20-,21-/m0/s1. The number of amides is 2. The highest BCUT2D eigenvalue weighted by atomic mass is 16.2. The number of hydrogen-bond acceptors (Lipinski definition) is 1. The van der Waals surface area contributed by atoms with Crippen LogP contribution in [0.5, 0.6) is 0 Å². The van der Waals surface area contributed by atoms with Crippen molar-refractivity contribution in [2.75, 3.05) is 0 Å². The number of hydrogen-bond donors (Lipinski definition) is 2. The molecule has 3 nitrogen and oxygen atoms in total. The fourth-order valence-electron chi connectivity index (χ4n) is 9.11. The largest absolute Gasteiger partial charge is 0.332 e. The van der Waals surface area contributed by atoms with Crippen molar-refractivity contribution >= 4 is 6.03 Å². The van der Waals surface area contributed by atoms with Crippen molar-refractivity contribution in [3.63, 3.8) is 0 Å². The maximum Gasteiger partial charge on any atom is 0.315 e. The minimum atomic E-state index is 0.176. The van der Waals surface area contributed by atoms with Gasteiger partial charge in [-0.1, -0.05) is 12.8 Å². The van der Waals surface area contributed by atoms with E-state index in [9.17, 15) is 4.79 Å². The first kappa shape index (κ1) is 14.4. The second kappa shape index (κ2) is 4.71. The fraction of sp³-hybridized carbons (Fsp3) is 0.952. The van der Waals surface area contributed by atoms with E-state index in [0.29, 0.717) is 0 Å². The summed E-state index contributed by atoms with van der Waals surface area (Å²) in [6.07, 6.45) is 16.2. The molecule has 2 amide bonds. The first-order valence-corrected chi connectivity index (χ1v) is 10.8. The smallest absolute Gasteiger partial charge is 0.315 e. The average molecular weight is 329 g/mol. The number of carbonyl (C=O) groups is 1. The zero-order chi connectivity index (χ0) is 15.9. The molecule has 8 atom stereocenters. The number of carbonyl (C=O) groups excluding carboxylic acids is 1. The van der Waals surface area contributed by atoms with Gasteiger partial charge in [-0.15, -0.1) is 0 Å². The maximum atomic E-state index is 13.2. The number of fused-ring (bicyclic) bond motifs is 10. The van der Waals surface area contributed by atoms with Crippen molar-refractivity contribution in [3.8, 4) is 0 Å². The molecular weight excluding hydrogens is 296 g/mol. The Balaban J connectivity index is 1.23. The van der Waals surface area contributed by atoms with Gasteiger partial charge in [-0.3, -0.25) is 0 Å². The van der Waals surface area contributed by atoms with Gasteiger partial charge in [-0.25, -0.2) is 4.79 Å². The summed E-state index contributed by atoms with van der Waals surface area (Å²) in [7, 11) is 0. The molecule has 6 rings (SSSR count). The van der Waals surface area contributed by atoms with Crippen LogP contribution in [0.1, 0.15) is 77.0 Å². The highest BCUT2D eigenvalue weighted by molar-refractivity contribution is 5.76. The van der Waals surface area contributed by atoms with E-state index in [2.05, 4.69) is 10.6 Å². The number of urea groups is 1. The summed E-state index contributed by atoms with van der Waals surface area (Å²) in [5.74, 6) is 4.96. The molecule has 6 saturated carbocycles. The van der Waals surface area contributed by atoms with E-state index >= 15 is 0 Å². The minimum absolute atomic E-state index is 0.176. The number of rotatable bonds is 2. The van der Waals surface area contributed by atoms with E-state index in [1.165, 1.54) is 77.0 Å². The van der Waals surface area contributed by atoms with E-state index in [-0.39, 0.29) is 17.1 Å². The minimum Gasteiger partial charge on any atom is -0.332 e. The summed E-state index contributed by atoms with van der Waals surface area (Å²) >= 11 is 0. The summed E-state index contributed by atoms with van der Waals surface area (Å²) in [5, 5.41) is 7.26. The van der Waals surface area contributed by atoms with E-state index in [4.69, 9.17) is 0 Å². The van der Waals surface area contributed by atoms with Gasteiger partial charge >= 0.3 is 6.03 Å². The van der Waals surface area contributed by atoms with Crippen molar-refractivity contribution in [1.82, 2.24) is 10.6 Å². The summed E-state index contributed by atoms with van der Waals surface area (Å²) in [6.45, 7) is 0. The van der Waals surface area contributed by atoms with E-state index in [0.717, 1.165) is 35.5 Å². The second-order valence-corrected chi connectivity index (χ2v) is 10.2. The molecule has 3 heteroatoms. The average Bonchev–Trinajstić information content (AvgIpc) is 3.34. The molecule has 0 aromatic carbocycles. The van der Waals surface area contributed by atoms with Crippen LogP contribution in [0.3, 0.4) is 0 Å². The van der Waals surface area contributed by atoms with E-state index < -0.39 is 0 Å². The molecule has 6 fully saturated rings. The van der Waals surface area contributed by atoms with Gasteiger partial charge in [-0.2, -0.15) is 0 Å². The zero-order valence-electron chi connectivity index (χ0n) is 14.9. The van der Waals surface area contributed by atoms with Crippen molar-refractivity contribution in [2.24, 2.45) is 35.5 Å². The maximum absolute atomic E-state index is 13.2. The predicted molar refractivity (Wildman–Crippen MR) is 93.5 cm³/mol. The van der Waals surface area contributed by atoms with Gasteiger partial charge in [0, 0.05) is 11.1 Å². The van der Waals surface area contributed by atoms with Crippen LogP contribution in [0, 0.1) is 35.5 Å². The molecule has 6 aliphatic carbocycles. The molecule has 0 aliphatic heterocycles. The van der Waals surface area contributed by atoms with Crippen LogP contribution in [0.15, 0.2) is 0 Å². The molecule has 0 aromatic heterocycles. The summed E-state index contributed by atoms with van der Waals surface area (Å²) in [5.41, 5.74) is 0.352. The molecule has 132 valence electrons. The summed E-state index contributed by atoms with van der Waals surface area (Å²) in [4.78, 5) is 13.2. The van der Waals surface area contributed by atoms with Crippen LogP contribution in [-0.4, -0.2) is 17.1 Å². The molecule has 0 unspecified atom stereocenters. The quantitative estimate of drug-likeness (QED) is 0.783. The van der Waals surface area contributed by atoms with Crippen molar-refractivity contribution in [3.05, 3.63) is 0 Å². The molecule has 24 heavy (non-hydrogen) atoms. The molecule has 0 saturated heterocycles. The number of nitrogens with one attached hydrogen (secondary N) is 2. The Morgan fingerprint density at radius 3 is 1.71 bits per heavy atom. The molecule has 4 bridgehead atoms. The van der Waals surface area contributed by atoms with Crippen LogP contribution in [0.25, 0.3) is 0 Å². The third-order valence-corrected chi connectivity index (χ3v) is 9.77. The van der Waals surface area contributed by atoms with Gasteiger partial charge in [0.05, 0.1) is 0 Å². The molecule has 0 heterocycles. The lowest BCUT2D eigenvalue weighted by Gasteiger charge is -2.44. The first-order valence-electron chi connectivity index (χ1n) is 10.8. The Labute approximate surface area is 145 Å². The van der Waals surface area contributed by atoms with Gasteiger partial charge in [0.15, 0.2) is 0 Å². The Hall–Kier alpha value is -0.730.